The molecule has 3 rings (SSSR count). The zero-order valence-electron chi connectivity index (χ0n) is 20.6. The molecule has 3 aromatic carbocycles. The third-order valence-corrected chi connectivity index (χ3v) is 5.70. The van der Waals surface area contributed by atoms with Crippen molar-refractivity contribution in [1.29, 1.82) is 0 Å². The number of methoxy groups -OCH3 is 2. The molecule has 0 spiro atoms. The molecule has 0 fully saturated rings. The Morgan fingerprint density at radius 1 is 0.694 bits per heavy atom. The standard InChI is InChI=1S/C29H30O7/c1-20(30)16-24(23-14-15-25(33-2)26(17-23)34-3)27(28(31)35-18-21-10-6-4-7-11-21)29(32)36-19-22-12-8-5-9-13-22/h4-15,17,24,27H,16,18-19H2,1-3H3/t24-/m0/s1. The maximum absolute atomic E-state index is 13.4. The summed E-state index contributed by atoms with van der Waals surface area (Å²) in [5.41, 5.74) is 2.11. The van der Waals surface area contributed by atoms with Crippen LogP contribution in [0.1, 0.15) is 36.0 Å². The molecular formula is C29H30O7. The predicted molar refractivity (Wildman–Crippen MR) is 134 cm³/mol. The second-order valence-corrected chi connectivity index (χ2v) is 8.29. The van der Waals surface area contributed by atoms with Crippen molar-refractivity contribution < 1.29 is 33.3 Å². The van der Waals surface area contributed by atoms with Crippen LogP contribution in [0, 0.1) is 5.92 Å². The van der Waals surface area contributed by atoms with Crippen LogP contribution < -0.4 is 9.47 Å². The van der Waals surface area contributed by atoms with Crippen LogP contribution in [0.15, 0.2) is 78.9 Å². The Morgan fingerprint density at radius 3 is 1.64 bits per heavy atom. The molecule has 0 aromatic heterocycles. The van der Waals surface area contributed by atoms with Gasteiger partial charge in [0, 0.05) is 12.3 Å². The van der Waals surface area contributed by atoms with Gasteiger partial charge in [0.2, 0.25) is 0 Å². The minimum absolute atomic E-state index is 0.0130. The maximum atomic E-state index is 13.4. The highest BCUT2D eigenvalue weighted by molar-refractivity contribution is 5.97. The molecule has 0 unspecified atom stereocenters. The molecule has 0 saturated heterocycles. The van der Waals surface area contributed by atoms with E-state index in [1.54, 1.807) is 18.2 Å². The van der Waals surface area contributed by atoms with Crippen LogP contribution in [0.25, 0.3) is 0 Å². The first-order chi connectivity index (χ1) is 17.4. The lowest BCUT2D eigenvalue weighted by Crippen LogP contribution is -2.34. The summed E-state index contributed by atoms with van der Waals surface area (Å²) in [6.45, 7) is 1.39. The number of ether oxygens (including phenoxy) is 4. The number of carbonyl (C=O) groups is 3. The summed E-state index contributed by atoms with van der Waals surface area (Å²) >= 11 is 0. The van der Waals surface area contributed by atoms with E-state index in [1.165, 1.54) is 21.1 Å². The molecule has 0 bridgehead atoms. The zero-order valence-corrected chi connectivity index (χ0v) is 20.6. The molecule has 7 nitrogen and oxygen atoms in total. The summed E-state index contributed by atoms with van der Waals surface area (Å²) in [6.07, 6.45) is -0.0684. The van der Waals surface area contributed by atoms with Gasteiger partial charge < -0.3 is 23.7 Å². The van der Waals surface area contributed by atoms with Crippen molar-refractivity contribution in [1.82, 2.24) is 0 Å². The third kappa shape index (κ3) is 7.18. The fraction of sp³-hybridized carbons (Fsp3) is 0.276. The first-order valence-electron chi connectivity index (χ1n) is 11.6. The molecule has 36 heavy (non-hydrogen) atoms. The van der Waals surface area contributed by atoms with Gasteiger partial charge in [-0.3, -0.25) is 9.59 Å². The second-order valence-electron chi connectivity index (χ2n) is 8.29. The molecule has 188 valence electrons. The van der Waals surface area contributed by atoms with Crippen LogP contribution in [0.5, 0.6) is 11.5 Å². The Balaban J connectivity index is 1.94. The molecular weight excluding hydrogens is 460 g/mol. The lowest BCUT2D eigenvalue weighted by Gasteiger charge is -2.25. The Hall–Kier alpha value is -4.13. The topological polar surface area (TPSA) is 88.1 Å². The van der Waals surface area contributed by atoms with Crippen LogP contribution >= 0.6 is 0 Å². The lowest BCUT2D eigenvalue weighted by molar-refractivity contribution is -0.165. The smallest absolute Gasteiger partial charge is 0.321 e. The van der Waals surface area contributed by atoms with Gasteiger partial charge in [-0.1, -0.05) is 66.7 Å². The van der Waals surface area contributed by atoms with E-state index in [4.69, 9.17) is 18.9 Å². The molecule has 0 heterocycles. The SMILES string of the molecule is COc1ccc([C@H](CC(C)=O)C(C(=O)OCc2ccccc2)C(=O)OCc2ccccc2)cc1OC. The Morgan fingerprint density at radius 2 is 1.19 bits per heavy atom. The van der Waals surface area contributed by atoms with Crippen molar-refractivity contribution in [3.05, 3.63) is 95.6 Å². The van der Waals surface area contributed by atoms with Gasteiger partial charge in [0.25, 0.3) is 0 Å². The molecule has 0 amide bonds. The van der Waals surface area contributed by atoms with Crippen molar-refractivity contribution >= 4 is 17.7 Å². The van der Waals surface area contributed by atoms with Crippen LogP contribution in [-0.4, -0.2) is 31.9 Å². The van der Waals surface area contributed by atoms with Crippen LogP contribution in [0.2, 0.25) is 0 Å². The number of Topliss-reactive ketones (excluding diaryl/α,β-unsaturated/α-hetero) is 1. The van der Waals surface area contributed by atoms with E-state index in [2.05, 4.69) is 0 Å². The van der Waals surface area contributed by atoms with Gasteiger partial charge in [-0.25, -0.2) is 0 Å². The fourth-order valence-electron chi connectivity index (χ4n) is 3.88. The fourth-order valence-corrected chi connectivity index (χ4v) is 3.88. The highest BCUT2D eigenvalue weighted by Crippen LogP contribution is 2.36. The van der Waals surface area contributed by atoms with Gasteiger partial charge in [-0.05, 0) is 35.7 Å². The van der Waals surface area contributed by atoms with Crippen LogP contribution in [0.3, 0.4) is 0 Å². The number of hydrogen-bond donors (Lipinski definition) is 0. The van der Waals surface area contributed by atoms with Gasteiger partial charge in [0.15, 0.2) is 17.4 Å². The van der Waals surface area contributed by atoms with Crippen molar-refractivity contribution in [3.8, 4) is 11.5 Å². The number of esters is 2. The van der Waals surface area contributed by atoms with Crippen molar-refractivity contribution in [3.63, 3.8) is 0 Å². The summed E-state index contributed by atoms with van der Waals surface area (Å²) in [5.74, 6) is -3.01. The molecule has 0 aliphatic heterocycles. The van der Waals surface area contributed by atoms with Crippen molar-refractivity contribution in [2.45, 2.75) is 32.5 Å². The average molecular weight is 491 g/mol. The Bertz CT molecular complexity index is 1100. The van der Waals surface area contributed by atoms with Crippen molar-refractivity contribution in [2.75, 3.05) is 14.2 Å². The van der Waals surface area contributed by atoms with Crippen LogP contribution in [0.4, 0.5) is 0 Å². The molecule has 0 radical (unpaired) electrons. The van der Waals surface area contributed by atoms with Gasteiger partial charge in [-0.2, -0.15) is 0 Å². The molecule has 7 heteroatoms. The summed E-state index contributed by atoms with van der Waals surface area (Å²) in [7, 11) is 3.00. The Kier molecular flexibility index (Phi) is 9.63. The number of benzene rings is 3. The van der Waals surface area contributed by atoms with E-state index >= 15 is 0 Å². The quantitative estimate of drug-likeness (QED) is 0.264. The normalized spacial score (nSPS) is 11.4. The first kappa shape index (κ1) is 26.5. The summed E-state index contributed by atoms with van der Waals surface area (Å²) in [5, 5.41) is 0. The van der Waals surface area contributed by atoms with E-state index < -0.39 is 23.8 Å². The molecule has 3 aromatic rings. The molecule has 0 N–H and O–H groups in total. The van der Waals surface area contributed by atoms with Gasteiger partial charge in [0.05, 0.1) is 14.2 Å². The number of carbonyl (C=O) groups excluding carboxylic acids is 3. The maximum Gasteiger partial charge on any atom is 0.321 e. The van der Waals surface area contributed by atoms with Crippen molar-refractivity contribution in [2.24, 2.45) is 5.92 Å². The molecule has 1 atom stereocenters. The molecule has 0 saturated carbocycles. The Labute approximate surface area is 210 Å². The first-order valence-corrected chi connectivity index (χ1v) is 11.6. The highest BCUT2D eigenvalue weighted by Gasteiger charge is 2.39. The average Bonchev–Trinajstić information content (AvgIpc) is 2.90. The lowest BCUT2D eigenvalue weighted by atomic mass is 9.82. The summed E-state index contributed by atoms with van der Waals surface area (Å²) < 4.78 is 21.8. The second kappa shape index (κ2) is 13.1. The highest BCUT2D eigenvalue weighted by atomic mass is 16.6. The predicted octanol–water partition coefficient (Wildman–Crippen LogP) is 4.87. The monoisotopic (exact) mass is 490 g/mol. The molecule has 0 aliphatic carbocycles. The molecule has 0 aliphatic rings. The van der Waals surface area contributed by atoms with E-state index in [1.807, 2.05) is 60.7 Å². The summed E-state index contributed by atoms with van der Waals surface area (Å²) in [4.78, 5) is 39.0. The minimum Gasteiger partial charge on any atom is -0.493 e. The zero-order chi connectivity index (χ0) is 25.9. The van der Waals surface area contributed by atoms with Gasteiger partial charge >= 0.3 is 11.9 Å². The number of rotatable bonds is 12. The van der Waals surface area contributed by atoms with E-state index in [-0.39, 0.29) is 25.4 Å². The number of hydrogen-bond acceptors (Lipinski definition) is 7. The summed E-state index contributed by atoms with van der Waals surface area (Å²) in [6, 6.07) is 23.3. The van der Waals surface area contributed by atoms with Gasteiger partial charge in [0.1, 0.15) is 19.0 Å². The third-order valence-electron chi connectivity index (χ3n) is 5.70. The largest absolute Gasteiger partial charge is 0.493 e. The number of ketones is 1. The van der Waals surface area contributed by atoms with Gasteiger partial charge in [-0.15, -0.1) is 0 Å². The van der Waals surface area contributed by atoms with Crippen LogP contribution in [-0.2, 0) is 37.1 Å². The minimum atomic E-state index is -1.36. The van der Waals surface area contributed by atoms with E-state index in [0.717, 1.165) is 11.1 Å². The van der Waals surface area contributed by atoms with E-state index in [9.17, 15) is 14.4 Å². The van der Waals surface area contributed by atoms with E-state index in [0.29, 0.717) is 17.1 Å².